The number of ether oxygens (including phenoxy) is 1. The number of carbonyl (C=O) groups excluding carboxylic acids is 2. The fourth-order valence-electron chi connectivity index (χ4n) is 4.84. The van der Waals surface area contributed by atoms with Crippen LogP contribution < -0.4 is 4.74 Å². The molecular weight excluding hydrogens is 486 g/mol. The molecule has 6 rings (SSSR count). The highest BCUT2D eigenvalue weighted by atomic mass is 32.1. The van der Waals surface area contributed by atoms with Crippen LogP contribution in [0.1, 0.15) is 26.5 Å². The minimum absolute atomic E-state index is 0.00673. The van der Waals surface area contributed by atoms with E-state index in [9.17, 15) is 9.59 Å². The molecule has 0 saturated carbocycles. The smallest absolute Gasteiger partial charge is 0.273 e. The fraction of sp³-hybridized carbons (Fsp3) is 0.286. The van der Waals surface area contributed by atoms with Gasteiger partial charge in [-0.15, -0.1) is 11.3 Å². The van der Waals surface area contributed by atoms with Crippen molar-refractivity contribution in [1.82, 2.24) is 24.7 Å². The number of hydrogen-bond donors (Lipinski definition) is 0. The van der Waals surface area contributed by atoms with Crippen molar-refractivity contribution in [1.29, 1.82) is 0 Å². The van der Waals surface area contributed by atoms with Gasteiger partial charge < -0.3 is 14.5 Å². The van der Waals surface area contributed by atoms with E-state index in [0.717, 1.165) is 29.7 Å². The van der Waals surface area contributed by atoms with E-state index in [4.69, 9.17) is 4.74 Å². The quantitative estimate of drug-likeness (QED) is 0.392. The summed E-state index contributed by atoms with van der Waals surface area (Å²) in [5.41, 5.74) is 4.68. The maximum Gasteiger partial charge on any atom is 0.273 e. The van der Waals surface area contributed by atoms with Gasteiger partial charge in [-0.1, -0.05) is 24.3 Å². The molecule has 2 saturated heterocycles. The Morgan fingerprint density at radius 3 is 2.43 bits per heavy atom. The lowest BCUT2D eigenvalue weighted by Crippen LogP contribution is -2.64. The number of carbonyl (C=O) groups is 2. The van der Waals surface area contributed by atoms with Crippen LogP contribution in [-0.2, 0) is 6.61 Å². The molecule has 2 amide bonds. The molecule has 0 atom stereocenters. The van der Waals surface area contributed by atoms with Crippen molar-refractivity contribution >= 4 is 34.1 Å². The Bertz CT molecular complexity index is 1400. The molecule has 37 heavy (non-hydrogen) atoms. The molecule has 0 N–H and O–H groups in total. The molecule has 2 aliphatic rings. The normalized spacial score (nSPS) is 16.5. The van der Waals surface area contributed by atoms with Crippen LogP contribution >= 0.6 is 11.3 Å². The second kappa shape index (κ2) is 10.3. The second-order valence-corrected chi connectivity index (χ2v) is 10.1. The Morgan fingerprint density at radius 2 is 1.68 bits per heavy atom. The minimum Gasteiger partial charge on any atom is -0.487 e. The molecule has 188 valence electrons. The summed E-state index contributed by atoms with van der Waals surface area (Å²) < 4.78 is 5.90. The average Bonchev–Trinajstić information content (AvgIpc) is 3.46. The van der Waals surface area contributed by atoms with Crippen molar-refractivity contribution in [3.05, 3.63) is 88.5 Å². The predicted molar refractivity (Wildman–Crippen MR) is 142 cm³/mol. The highest BCUT2D eigenvalue weighted by Crippen LogP contribution is 2.22. The van der Waals surface area contributed by atoms with Crippen molar-refractivity contribution in [2.75, 3.05) is 39.3 Å². The van der Waals surface area contributed by atoms with Gasteiger partial charge in [-0.25, -0.2) is 9.97 Å². The van der Waals surface area contributed by atoms with Crippen LogP contribution in [0.25, 0.3) is 10.9 Å². The topological polar surface area (TPSA) is 78.9 Å². The Balaban J connectivity index is 0.967. The minimum atomic E-state index is 0.00673. The van der Waals surface area contributed by atoms with Crippen LogP contribution in [0, 0.1) is 0 Å². The summed E-state index contributed by atoms with van der Waals surface area (Å²) in [6.07, 6.45) is 0. The van der Waals surface area contributed by atoms with Crippen molar-refractivity contribution in [3.63, 3.8) is 0 Å². The third-order valence-electron chi connectivity index (χ3n) is 7.06. The van der Waals surface area contributed by atoms with E-state index in [2.05, 4.69) is 14.9 Å². The first kappa shape index (κ1) is 23.6. The van der Waals surface area contributed by atoms with Crippen LogP contribution in [0.3, 0.4) is 0 Å². The summed E-state index contributed by atoms with van der Waals surface area (Å²) in [5.74, 6) is 0.752. The van der Waals surface area contributed by atoms with E-state index < -0.39 is 0 Å². The van der Waals surface area contributed by atoms with Gasteiger partial charge in [-0.2, -0.15) is 0 Å². The number of amides is 2. The van der Waals surface area contributed by atoms with E-state index in [0.29, 0.717) is 55.8 Å². The lowest BCUT2D eigenvalue weighted by molar-refractivity contribution is 0.00844. The molecule has 2 aliphatic heterocycles. The molecular formula is C28H27N5O3S. The van der Waals surface area contributed by atoms with Crippen molar-refractivity contribution in [2.45, 2.75) is 12.6 Å². The highest BCUT2D eigenvalue weighted by Gasteiger charge is 2.37. The first-order valence-electron chi connectivity index (χ1n) is 12.4. The number of fused-ring (bicyclic) bond motifs is 1. The van der Waals surface area contributed by atoms with Crippen LogP contribution in [0.4, 0.5) is 0 Å². The molecule has 0 radical (unpaired) electrons. The largest absolute Gasteiger partial charge is 0.487 e. The number of rotatable bonds is 6. The van der Waals surface area contributed by atoms with Crippen molar-refractivity contribution in [3.8, 4) is 5.75 Å². The van der Waals surface area contributed by atoms with Gasteiger partial charge in [0.2, 0.25) is 0 Å². The van der Waals surface area contributed by atoms with Crippen molar-refractivity contribution in [2.24, 2.45) is 0 Å². The molecule has 0 spiro atoms. The van der Waals surface area contributed by atoms with Crippen LogP contribution in [0.15, 0.2) is 71.6 Å². The SMILES string of the molecule is O=C(c1ccc(OCc2ccc3ccccc3n2)cc1)N1CC(N2CCN(C(=O)c3cscn3)CC2)C1. The van der Waals surface area contributed by atoms with Gasteiger partial charge in [0.1, 0.15) is 18.1 Å². The maximum absolute atomic E-state index is 12.9. The van der Waals surface area contributed by atoms with E-state index in [1.807, 2.05) is 70.5 Å². The molecule has 2 aromatic heterocycles. The molecule has 8 nitrogen and oxygen atoms in total. The first-order chi connectivity index (χ1) is 18.1. The summed E-state index contributed by atoms with van der Waals surface area (Å²) in [6.45, 7) is 4.82. The lowest BCUT2D eigenvalue weighted by Gasteiger charge is -2.48. The van der Waals surface area contributed by atoms with Gasteiger partial charge in [0.15, 0.2) is 0 Å². The van der Waals surface area contributed by atoms with E-state index in [-0.39, 0.29) is 11.8 Å². The Kier molecular flexibility index (Phi) is 6.55. The summed E-state index contributed by atoms with van der Waals surface area (Å²) >= 11 is 1.44. The predicted octanol–water partition coefficient (Wildman–Crippen LogP) is 3.55. The van der Waals surface area contributed by atoms with Gasteiger partial charge in [0.05, 0.1) is 16.7 Å². The average molecular weight is 514 g/mol. The summed E-state index contributed by atoms with van der Waals surface area (Å²) in [5, 5.41) is 2.90. The zero-order valence-electron chi connectivity index (χ0n) is 20.3. The first-order valence-corrected chi connectivity index (χ1v) is 13.4. The van der Waals surface area contributed by atoms with Gasteiger partial charge in [0.25, 0.3) is 11.8 Å². The van der Waals surface area contributed by atoms with Gasteiger partial charge in [0, 0.05) is 61.6 Å². The van der Waals surface area contributed by atoms with E-state index >= 15 is 0 Å². The number of pyridine rings is 1. The number of hydrogen-bond acceptors (Lipinski definition) is 7. The van der Waals surface area contributed by atoms with Crippen molar-refractivity contribution < 1.29 is 14.3 Å². The van der Waals surface area contributed by atoms with Crippen LogP contribution in [0.5, 0.6) is 5.75 Å². The van der Waals surface area contributed by atoms with E-state index in [1.165, 1.54) is 11.3 Å². The Labute approximate surface area is 219 Å². The van der Waals surface area contributed by atoms with E-state index in [1.54, 1.807) is 10.9 Å². The molecule has 0 unspecified atom stereocenters. The number of piperazine rings is 1. The highest BCUT2D eigenvalue weighted by molar-refractivity contribution is 7.07. The fourth-order valence-corrected chi connectivity index (χ4v) is 5.37. The number of aromatic nitrogens is 2. The van der Waals surface area contributed by atoms with Gasteiger partial charge >= 0.3 is 0 Å². The number of benzene rings is 2. The molecule has 4 aromatic rings. The number of nitrogens with zero attached hydrogens (tertiary/aromatic N) is 5. The van der Waals surface area contributed by atoms with Crippen LogP contribution in [0.2, 0.25) is 0 Å². The zero-order chi connectivity index (χ0) is 25.2. The number of thiazole rings is 1. The number of para-hydroxylation sites is 1. The third kappa shape index (κ3) is 5.05. The Hall–Kier alpha value is -3.82. The number of likely N-dealkylation sites (tertiary alicyclic amines) is 1. The second-order valence-electron chi connectivity index (χ2n) is 9.37. The Morgan fingerprint density at radius 1 is 0.892 bits per heavy atom. The standard InChI is InChI=1S/C28H27N5O3S/c34-27(33-15-23(16-33)31-11-13-32(14-12-31)28(35)26-18-37-19-29-26)21-6-9-24(10-7-21)36-17-22-8-5-20-3-1-2-4-25(20)30-22/h1-10,18-19,23H,11-17H2. The van der Waals surface area contributed by atoms with Gasteiger partial charge in [-0.3, -0.25) is 14.5 Å². The zero-order valence-corrected chi connectivity index (χ0v) is 21.1. The summed E-state index contributed by atoms with van der Waals surface area (Å²) in [4.78, 5) is 40.3. The monoisotopic (exact) mass is 513 g/mol. The molecule has 2 aromatic carbocycles. The lowest BCUT2D eigenvalue weighted by atomic mass is 10.0. The van der Waals surface area contributed by atoms with Gasteiger partial charge in [-0.05, 0) is 36.4 Å². The molecule has 0 bridgehead atoms. The molecule has 0 aliphatic carbocycles. The molecule has 2 fully saturated rings. The third-order valence-corrected chi connectivity index (χ3v) is 7.65. The molecule has 9 heteroatoms. The summed E-state index contributed by atoms with van der Waals surface area (Å²) in [7, 11) is 0. The summed E-state index contributed by atoms with van der Waals surface area (Å²) in [6, 6.07) is 19.7. The maximum atomic E-state index is 12.9. The molecule has 4 heterocycles. The van der Waals surface area contributed by atoms with Crippen LogP contribution in [-0.4, -0.2) is 81.8 Å².